The average molecular weight is 272 g/mol. The number of nitrogens with one attached hydrogen (secondary N) is 1. The van der Waals surface area contributed by atoms with Gasteiger partial charge in [0, 0.05) is 33.4 Å². The number of likely N-dealkylation sites (tertiary alicyclic amines) is 1. The fourth-order valence-corrected chi connectivity index (χ4v) is 2.68. The molecule has 114 valence electrons. The Morgan fingerprint density at radius 1 is 1.11 bits per heavy atom. The molecule has 4 heteroatoms. The molecule has 0 amide bonds. The molecular formula is C15H32N2O2. The molecule has 0 aromatic rings. The van der Waals surface area contributed by atoms with Crippen LogP contribution in [0.25, 0.3) is 0 Å². The topological polar surface area (TPSA) is 33.7 Å². The maximum Gasteiger partial charge on any atom is 0.0971 e. The third kappa shape index (κ3) is 5.78. The van der Waals surface area contributed by atoms with Gasteiger partial charge < -0.3 is 14.8 Å². The van der Waals surface area contributed by atoms with Gasteiger partial charge in [-0.05, 0) is 38.8 Å². The SMILES string of the molecule is COC1CN(C(C)CCCNCC(C)C)CC1OC. The van der Waals surface area contributed by atoms with E-state index in [1.54, 1.807) is 14.2 Å². The van der Waals surface area contributed by atoms with Gasteiger partial charge in [0.25, 0.3) is 0 Å². The molecule has 3 atom stereocenters. The Balaban J connectivity index is 2.18. The van der Waals surface area contributed by atoms with Crippen molar-refractivity contribution in [2.24, 2.45) is 5.92 Å². The molecule has 1 fully saturated rings. The van der Waals surface area contributed by atoms with Crippen LogP contribution in [0.5, 0.6) is 0 Å². The Morgan fingerprint density at radius 2 is 1.68 bits per heavy atom. The molecular weight excluding hydrogens is 240 g/mol. The zero-order valence-corrected chi connectivity index (χ0v) is 13.3. The van der Waals surface area contributed by atoms with Gasteiger partial charge in [-0.2, -0.15) is 0 Å². The minimum absolute atomic E-state index is 0.228. The van der Waals surface area contributed by atoms with E-state index in [1.807, 2.05) is 0 Å². The molecule has 0 aromatic carbocycles. The van der Waals surface area contributed by atoms with Gasteiger partial charge in [-0.15, -0.1) is 0 Å². The lowest BCUT2D eigenvalue weighted by Crippen LogP contribution is -2.33. The van der Waals surface area contributed by atoms with E-state index >= 15 is 0 Å². The number of rotatable bonds is 9. The predicted molar refractivity (Wildman–Crippen MR) is 79.6 cm³/mol. The number of hydrogen-bond donors (Lipinski definition) is 1. The summed E-state index contributed by atoms with van der Waals surface area (Å²) >= 11 is 0. The highest BCUT2D eigenvalue weighted by Gasteiger charge is 2.34. The molecule has 1 aliphatic heterocycles. The first-order valence-corrected chi connectivity index (χ1v) is 7.58. The summed E-state index contributed by atoms with van der Waals surface area (Å²) in [5.74, 6) is 0.737. The molecule has 1 N–H and O–H groups in total. The average Bonchev–Trinajstić information content (AvgIpc) is 2.81. The van der Waals surface area contributed by atoms with Gasteiger partial charge in [-0.25, -0.2) is 0 Å². The van der Waals surface area contributed by atoms with E-state index in [-0.39, 0.29) is 12.2 Å². The largest absolute Gasteiger partial charge is 0.377 e. The minimum Gasteiger partial charge on any atom is -0.377 e. The predicted octanol–water partition coefficient (Wildman–Crippen LogP) is 1.75. The number of methoxy groups -OCH3 is 2. The Labute approximate surface area is 118 Å². The van der Waals surface area contributed by atoms with Crippen molar-refractivity contribution in [2.75, 3.05) is 40.4 Å². The van der Waals surface area contributed by atoms with Crippen molar-refractivity contribution in [1.29, 1.82) is 0 Å². The van der Waals surface area contributed by atoms with Crippen molar-refractivity contribution >= 4 is 0 Å². The lowest BCUT2D eigenvalue weighted by molar-refractivity contribution is -0.00461. The third-order valence-electron chi connectivity index (χ3n) is 4.00. The Bertz CT molecular complexity index is 224. The second kappa shape index (κ2) is 8.90. The Morgan fingerprint density at radius 3 is 2.16 bits per heavy atom. The fourth-order valence-electron chi connectivity index (χ4n) is 2.68. The number of hydrogen-bond acceptors (Lipinski definition) is 4. The van der Waals surface area contributed by atoms with Crippen molar-refractivity contribution in [3.8, 4) is 0 Å². The lowest BCUT2D eigenvalue weighted by atomic mass is 10.1. The first-order chi connectivity index (χ1) is 9.08. The van der Waals surface area contributed by atoms with E-state index < -0.39 is 0 Å². The highest BCUT2D eigenvalue weighted by Crippen LogP contribution is 2.19. The second-order valence-electron chi connectivity index (χ2n) is 6.09. The van der Waals surface area contributed by atoms with Crippen LogP contribution >= 0.6 is 0 Å². The van der Waals surface area contributed by atoms with Crippen LogP contribution < -0.4 is 5.32 Å². The second-order valence-corrected chi connectivity index (χ2v) is 6.09. The highest BCUT2D eigenvalue weighted by molar-refractivity contribution is 4.88. The maximum atomic E-state index is 5.49. The summed E-state index contributed by atoms with van der Waals surface area (Å²) in [5, 5.41) is 3.50. The van der Waals surface area contributed by atoms with Gasteiger partial charge in [0.1, 0.15) is 0 Å². The summed E-state index contributed by atoms with van der Waals surface area (Å²) in [5.41, 5.74) is 0. The molecule has 1 aliphatic rings. The minimum atomic E-state index is 0.228. The number of nitrogens with zero attached hydrogens (tertiary/aromatic N) is 1. The molecule has 0 aromatic heterocycles. The number of ether oxygens (including phenoxy) is 2. The summed E-state index contributed by atoms with van der Waals surface area (Å²) < 4.78 is 11.0. The summed E-state index contributed by atoms with van der Waals surface area (Å²) in [4.78, 5) is 2.49. The fraction of sp³-hybridized carbons (Fsp3) is 1.00. The van der Waals surface area contributed by atoms with Crippen LogP contribution in [0.2, 0.25) is 0 Å². The zero-order chi connectivity index (χ0) is 14.3. The van der Waals surface area contributed by atoms with Crippen LogP contribution in [-0.2, 0) is 9.47 Å². The maximum absolute atomic E-state index is 5.49. The monoisotopic (exact) mass is 272 g/mol. The van der Waals surface area contributed by atoms with Crippen LogP contribution in [0.15, 0.2) is 0 Å². The van der Waals surface area contributed by atoms with E-state index in [4.69, 9.17) is 9.47 Å². The highest BCUT2D eigenvalue weighted by atomic mass is 16.5. The Kier molecular flexibility index (Phi) is 7.91. The van der Waals surface area contributed by atoms with Gasteiger partial charge in [0.05, 0.1) is 12.2 Å². The summed E-state index contributed by atoms with van der Waals surface area (Å²) in [6.07, 6.45) is 2.93. The molecule has 0 bridgehead atoms. The molecule has 0 spiro atoms. The molecule has 0 radical (unpaired) electrons. The third-order valence-corrected chi connectivity index (χ3v) is 4.00. The molecule has 0 saturated carbocycles. The van der Waals surface area contributed by atoms with Gasteiger partial charge in [0.2, 0.25) is 0 Å². The molecule has 0 aliphatic carbocycles. The summed E-state index contributed by atoms with van der Waals surface area (Å²) in [6, 6.07) is 0.610. The van der Waals surface area contributed by atoms with Crippen molar-refractivity contribution < 1.29 is 9.47 Å². The van der Waals surface area contributed by atoms with Gasteiger partial charge >= 0.3 is 0 Å². The normalized spacial score (nSPS) is 26.2. The summed E-state index contributed by atoms with van der Waals surface area (Å²) in [6.45, 7) is 11.0. The lowest BCUT2D eigenvalue weighted by Gasteiger charge is -2.24. The molecule has 1 heterocycles. The van der Waals surface area contributed by atoms with Gasteiger partial charge in [-0.1, -0.05) is 13.8 Å². The summed E-state index contributed by atoms with van der Waals surface area (Å²) in [7, 11) is 3.56. The van der Waals surface area contributed by atoms with Crippen LogP contribution in [0, 0.1) is 5.92 Å². The van der Waals surface area contributed by atoms with Crippen molar-refractivity contribution in [3.63, 3.8) is 0 Å². The molecule has 19 heavy (non-hydrogen) atoms. The van der Waals surface area contributed by atoms with E-state index in [0.717, 1.165) is 32.1 Å². The van der Waals surface area contributed by atoms with Crippen LogP contribution in [-0.4, -0.2) is 63.5 Å². The smallest absolute Gasteiger partial charge is 0.0971 e. The zero-order valence-electron chi connectivity index (χ0n) is 13.3. The van der Waals surface area contributed by atoms with E-state index in [1.165, 1.54) is 12.8 Å². The van der Waals surface area contributed by atoms with Crippen LogP contribution in [0.1, 0.15) is 33.6 Å². The van der Waals surface area contributed by atoms with Crippen LogP contribution in [0.4, 0.5) is 0 Å². The van der Waals surface area contributed by atoms with Crippen molar-refractivity contribution in [1.82, 2.24) is 10.2 Å². The van der Waals surface area contributed by atoms with E-state index in [0.29, 0.717) is 6.04 Å². The van der Waals surface area contributed by atoms with Gasteiger partial charge in [-0.3, -0.25) is 4.90 Å². The van der Waals surface area contributed by atoms with E-state index in [2.05, 4.69) is 31.0 Å². The first-order valence-electron chi connectivity index (χ1n) is 7.58. The Hall–Kier alpha value is -0.160. The van der Waals surface area contributed by atoms with Crippen LogP contribution in [0.3, 0.4) is 0 Å². The van der Waals surface area contributed by atoms with Crippen molar-refractivity contribution in [3.05, 3.63) is 0 Å². The van der Waals surface area contributed by atoms with Gasteiger partial charge in [0.15, 0.2) is 0 Å². The molecule has 1 rings (SSSR count). The quantitative estimate of drug-likeness (QED) is 0.648. The van der Waals surface area contributed by atoms with Crippen molar-refractivity contribution in [2.45, 2.75) is 51.9 Å². The molecule has 3 unspecified atom stereocenters. The standard InChI is InChI=1S/C15H32N2O2/c1-12(2)9-16-8-6-7-13(3)17-10-14(18-4)15(11-17)19-5/h12-16H,6-11H2,1-5H3. The first kappa shape index (κ1) is 16.9. The molecule has 4 nitrogen and oxygen atoms in total. The molecule has 1 saturated heterocycles. The van der Waals surface area contributed by atoms with E-state index in [9.17, 15) is 0 Å².